The third-order valence-corrected chi connectivity index (χ3v) is 37.3. The Morgan fingerprint density at radius 3 is 0.831 bits per heavy atom. The monoisotopic (exact) mass is 2080 g/mol. The summed E-state index contributed by atoms with van der Waals surface area (Å²) in [7, 11) is -15.8. The van der Waals surface area contributed by atoms with Crippen molar-refractivity contribution in [1.82, 2.24) is 87.7 Å². The van der Waals surface area contributed by atoms with Gasteiger partial charge in [-0.25, -0.2) is 105 Å². The molecule has 13 aliphatic rings. The van der Waals surface area contributed by atoms with Crippen LogP contribution in [0.2, 0.25) is 0 Å². The number of piperidine rings is 3. The third-order valence-electron chi connectivity index (χ3n) is 31.1. The molecule has 18 heterocycles. The van der Waals surface area contributed by atoms with Crippen molar-refractivity contribution in [1.29, 1.82) is 0 Å². The highest BCUT2D eigenvalue weighted by Gasteiger charge is 2.40. The van der Waals surface area contributed by atoms with E-state index in [0.29, 0.717) is 80.3 Å². The summed E-state index contributed by atoms with van der Waals surface area (Å²) < 4.78 is 123. The molecule has 148 heavy (non-hydrogen) atoms. The second-order valence-corrected chi connectivity index (χ2v) is 50.6. The van der Waals surface area contributed by atoms with Crippen LogP contribution in [0.1, 0.15) is 207 Å². The zero-order valence-electron chi connectivity index (χ0n) is 84.4. The van der Waals surface area contributed by atoms with E-state index in [9.17, 15) is 42.1 Å². The van der Waals surface area contributed by atoms with Crippen LogP contribution in [0.25, 0.3) is 52.9 Å². The molecule has 2 unspecified atom stereocenters. The molecule has 0 bridgehead atoms. The Labute approximate surface area is 866 Å². The molecule has 2 aromatic carbocycles. The van der Waals surface area contributed by atoms with E-state index < -0.39 is 49.7 Å². The van der Waals surface area contributed by atoms with Crippen molar-refractivity contribution in [3.05, 3.63) is 302 Å². The van der Waals surface area contributed by atoms with Crippen molar-refractivity contribution in [2.45, 2.75) is 202 Å². The van der Waals surface area contributed by atoms with Crippen molar-refractivity contribution in [2.24, 2.45) is 0 Å². The quantitative estimate of drug-likeness (QED) is 0.0919. The van der Waals surface area contributed by atoms with Crippen molar-refractivity contribution in [3.63, 3.8) is 0 Å². The molecule has 33 nitrogen and oxygen atoms in total. The number of allylic oxidation sites excluding steroid dienone is 5. The molecule has 0 N–H and O–H groups in total. The fourth-order valence-electron chi connectivity index (χ4n) is 23.3. The van der Waals surface area contributed by atoms with Gasteiger partial charge in [-0.2, -0.15) is 0 Å². The van der Waals surface area contributed by atoms with E-state index in [1.54, 1.807) is 68.8 Å². The molecule has 3 saturated heterocycles. The van der Waals surface area contributed by atoms with Crippen LogP contribution in [0.5, 0.6) is 0 Å². The summed E-state index contributed by atoms with van der Waals surface area (Å²) in [4.78, 5) is 81.3. The number of pyridine rings is 5. The molecule has 0 radical (unpaired) electrons. The van der Waals surface area contributed by atoms with E-state index in [0.717, 1.165) is 243 Å². The summed E-state index contributed by atoms with van der Waals surface area (Å²) >= 11 is 0. The van der Waals surface area contributed by atoms with Gasteiger partial charge in [-0.3, -0.25) is 24.9 Å². The molecule has 25 rings (SSSR count). The number of fused-ring (bicyclic) bond motifs is 10. The predicted octanol–water partition coefficient (Wildman–Crippen LogP) is 13.7. The largest absolute Gasteiger partial charge is 0.366 e. The smallest absolute Gasteiger partial charge is 0.211 e. The van der Waals surface area contributed by atoms with Gasteiger partial charge in [0.25, 0.3) is 0 Å². The van der Waals surface area contributed by atoms with E-state index in [1.165, 1.54) is 104 Å². The van der Waals surface area contributed by atoms with Crippen molar-refractivity contribution in [2.75, 3.05) is 108 Å². The highest BCUT2D eigenvalue weighted by molar-refractivity contribution is 7.91. The van der Waals surface area contributed by atoms with Gasteiger partial charge < -0.3 is 24.5 Å². The molecule has 10 aromatic heterocycles. The normalized spacial score (nSPS) is 19.5. The van der Waals surface area contributed by atoms with Gasteiger partial charge in [0.05, 0.1) is 114 Å². The summed E-state index contributed by atoms with van der Waals surface area (Å²) in [5, 5.41) is 0. The zero-order valence-corrected chi connectivity index (χ0v) is 88.5. The van der Waals surface area contributed by atoms with Crippen LogP contribution < -0.4 is 24.5 Å². The molecule has 0 amide bonds. The van der Waals surface area contributed by atoms with E-state index in [4.69, 9.17) is 9.97 Å². The molecule has 766 valence electrons. The summed E-state index contributed by atoms with van der Waals surface area (Å²) in [5.41, 5.74) is 36.0. The Bertz CT molecular complexity index is 7750. The number of hydrogen-bond donors (Lipinski definition) is 0. The first-order chi connectivity index (χ1) is 71.3. The van der Waals surface area contributed by atoms with Gasteiger partial charge in [0.15, 0.2) is 19.7 Å². The van der Waals surface area contributed by atoms with Gasteiger partial charge >= 0.3 is 0 Å². The number of nitrogens with zero attached hydrogens (tertiary/aromatic N) is 23. The molecule has 3 fully saturated rings. The maximum Gasteiger partial charge on any atom is 0.211 e. The van der Waals surface area contributed by atoms with Crippen LogP contribution >= 0.6 is 0 Å². The minimum atomic E-state index is -3.23. The number of rotatable bonds is 15. The minimum Gasteiger partial charge on any atom is -0.366 e. The number of aromatic nitrogens is 15. The molecule has 3 atom stereocenters. The van der Waals surface area contributed by atoms with Gasteiger partial charge in [-0.15, -0.1) is 0 Å². The first-order valence-electron chi connectivity index (χ1n) is 50.9. The number of sulfonamides is 3. The van der Waals surface area contributed by atoms with Gasteiger partial charge in [0, 0.05) is 324 Å². The van der Waals surface area contributed by atoms with E-state index in [1.807, 2.05) is 55.2 Å². The van der Waals surface area contributed by atoms with Crippen LogP contribution in [0.15, 0.2) is 182 Å². The van der Waals surface area contributed by atoms with Crippen LogP contribution in [0.4, 0.5) is 28.4 Å². The van der Waals surface area contributed by atoms with Crippen LogP contribution in [-0.2, 0) is 147 Å². The summed E-state index contributed by atoms with van der Waals surface area (Å²) in [6.07, 6.45) is 59.4. The SMILES string of the molecule is CC1Cc2ncnc(-c3ccc(S(C)(=O)=O)cc3)c2CN1c1ccnc2c1C=CC2.CC1Cc2ncnc(C3CCN(S(C)(=O)=O)CC3)c2CN1c1ccnc2c1C=CC2.CS(=O)(=O)N1CCC(c2ncnc3c2CN(c2ccnc4c2C=CC4)CC3)CC1.CS(=O)(=O)c1ccc(-c2ncnc3c2CN(c2ccnc4c2C=CC4)CC3)cc1.C[C@H]1Cc2ncnc(C3CCN(S(C)(=O)=O)CC3)c2CN1c1ccnc2c1C=CC2. The van der Waals surface area contributed by atoms with Gasteiger partial charge in [-0.05, 0) is 114 Å². The molecule has 5 aliphatic carbocycles. The number of sulfone groups is 2. The lowest BCUT2D eigenvalue weighted by Gasteiger charge is -2.39. The molecule has 12 aromatic rings. The maximum atomic E-state index is 11.9. The Kier molecular flexibility index (Phi) is 28.5. The summed E-state index contributed by atoms with van der Waals surface area (Å²) in [6.45, 7) is 15.7. The highest BCUT2D eigenvalue weighted by atomic mass is 32.2. The molecule has 0 spiro atoms. The third kappa shape index (κ3) is 21.1. The number of benzene rings is 2. The van der Waals surface area contributed by atoms with E-state index >= 15 is 0 Å². The van der Waals surface area contributed by atoms with Gasteiger partial charge in [0.1, 0.15) is 31.6 Å². The Balaban J connectivity index is 0.000000108. The lowest BCUT2D eigenvalue weighted by Crippen LogP contribution is -2.41. The van der Waals surface area contributed by atoms with Crippen molar-refractivity contribution < 1.29 is 42.1 Å². The maximum absolute atomic E-state index is 11.9. The van der Waals surface area contributed by atoms with Gasteiger partial charge in [-0.1, -0.05) is 85.0 Å². The Morgan fingerprint density at radius 2 is 0.520 bits per heavy atom. The number of hydrogen-bond acceptors (Lipinski definition) is 30. The molecule has 8 aliphatic heterocycles. The van der Waals surface area contributed by atoms with Crippen LogP contribution in [0, 0.1) is 0 Å². The molecular weight excluding hydrogens is 1960 g/mol. The highest BCUT2D eigenvalue weighted by Crippen LogP contribution is 2.46. The standard InChI is InChI=1S/C23H22N4O2S.2C22H27N5O2S.C22H20N4O2S.C21H25N5O2S/c1-15-12-21-19(13-27(15)22-10-11-24-20-5-3-4-18(20)22)23(26-14-25-21)16-6-8-17(9-7-16)30(2,28)29;2*1-15-12-20-18(13-27(15)21-6-9-23-19-5-3-4-17(19)21)22(25-14-24-20)16-7-10-26(11-8-16)30(2,28)29;1-29(27,28)16-7-5-15(6-8-16)22-18-13-26(12-10-20(18)24-14-25-22)21-9-11-23-19-4-2-3-17(19)21;1-29(27,28)26-11-6-15(7-12-26)21-17-13-25(10-8-19(17)23-14-24-21)20-5-9-22-18-4-2-3-16(18)20/h3-4,6-11,14-15H,5,12-13H2,1-2H3;2*3-4,6,9,14-16H,5,7-8,10-13H2,1-2H3;2-3,5-9,11,14H,4,10,12-13H2,1H3;2-3,5,9,14-15H,4,6-8,10-13H2,1H3/t;15-;;;/m.0.../s1. The average molecular weight is 2090 g/mol. The summed E-state index contributed by atoms with van der Waals surface area (Å²) in [5.74, 6) is 0.837. The average Bonchev–Trinajstić information content (AvgIpc) is 1.70. The topological polar surface area (TPSA) is 390 Å². The Hall–Kier alpha value is -13.1. The van der Waals surface area contributed by atoms with Crippen LogP contribution in [-0.4, -0.2) is 232 Å². The van der Waals surface area contributed by atoms with Crippen molar-refractivity contribution in [3.8, 4) is 22.5 Å². The van der Waals surface area contributed by atoms with Crippen molar-refractivity contribution >= 4 is 109 Å². The first kappa shape index (κ1) is 101. The fourth-order valence-corrected chi connectivity index (χ4v) is 27.2. The first-order valence-corrected chi connectivity index (χ1v) is 60.2. The molecule has 0 saturated carbocycles. The number of anilines is 5. The lowest BCUT2D eigenvalue weighted by molar-refractivity contribution is 0.316. The predicted molar refractivity (Wildman–Crippen MR) is 575 cm³/mol. The second-order valence-electron chi connectivity index (χ2n) is 40.6. The van der Waals surface area contributed by atoms with Gasteiger partial charge in [0.2, 0.25) is 30.1 Å². The second kappa shape index (κ2) is 41.8. The molecule has 38 heteroatoms. The molecular formula is C110H121N23O10S5. The van der Waals surface area contributed by atoms with E-state index in [2.05, 4.69) is 201 Å². The fraction of sp³-hybridized carbons (Fsp3) is 0.391. The zero-order chi connectivity index (χ0) is 103. The minimum absolute atomic E-state index is 0.276. The lowest BCUT2D eigenvalue weighted by atomic mass is 9.87. The summed E-state index contributed by atoms with van der Waals surface area (Å²) in [6, 6.07) is 25.3. The van der Waals surface area contributed by atoms with E-state index in [-0.39, 0.29) is 17.8 Å². The Morgan fingerprint density at radius 1 is 0.264 bits per heavy atom. The van der Waals surface area contributed by atoms with Crippen LogP contribution in [0.3, 0.4) is 0 Å².